The van der Waals surface area contributed by atoms with Crippen molar-refractivity contribution in [2.24, 2.45) is 0 Å². The van der Waals surface area contributed by atoms with Crippen LogP contribution in [0.25, 0.3) is 0 Å². The molecule has 0 aromatic heterocycles. The number of allylic oxidation sites excluding steroid dienone is 7. The largest absolute Gasteiger partial charge is 0.394 e. The first-order valence-corrected chi connectivity index (χ1v) is 20.4. The first kappa shape index (κ1) is 46.3. The summed E-state index contributed by atoms with van der Waals surface area (Å²) in [4.78, 5) is 12.4. The van der Waals surface area contributed by atoms with E-state index in [9.17, 15) is 20.1 Å². The quantitative estimate of drug-likeness (QED) is 0.0303. The van der Waals surface area contributed by atoms with Crippen LogP contribution in [0.3, 0.4) is 0 Å². The van der Waals surface area contributed by atoms with Gasteiger partial charge in [0.15, 0.2) is 0 Å². The molecule has 4 N–H and O–H groups in total. The minimum Gasteiger partial charge on any atom is -0.394 e. The maximum Gasteiger partial charge on any atom is 0.222 e. The third-order valence-electron chi connectivity index (χ3n) is 9.12. The van der Waals surface area contributed by atoms with E-state index in [1.165, 1.54) is 128 Å². The summed E-state index contributed by atoms with van der Waals surface area (Å²) >= 11 is 0. The van der Waals surface area contributed by atoms with E-state index in [0.717, 1.165) is 38.5 Å². The van der Waals surface area contributed by atoms with E-state index in [2.05, 4.69) is 55.6 Å². The normalized spacial score (nSPS) is 14.2. The molecule has 0 aliphatic carbocycles. The van der Waals surface area contributed by atoms with E-state index in [0.29, 0.717) is 6.42 Å². The molecule has 0 aromatic rings. The fraction of sp³-hybridized carbons (Fsp3) is 0.791. The van der Waals surface area contributed by atoms with Crippen molar-refractivity contribution in [3.63, 3.8) is 0 Å². The molecule has 0 bridgehead atoms. The Kier molecular flexibility index (Phi) is 36.8. The Balaban J connectivity index is 3.76. The zero-order chi connectivity index (χ0) is 35.2. The molecule has 0 heterocycles. The second-order valence-corrected chi connectivity index (χ2v) is 13.9. The van der Waals surface area contributed by atoms with Crippen LogP contribution in [-0.2, 0) is 4.79 Å². The SMILES string of the molecule is CCCCC/C=C\C=C/CCCCCCCCCCC(O)CC(=O)NC(CO)C(O)/C=C/CC/C=C/CCCCCCCCCCCC. The molecule has 0 saturated heterocycles. The lowest BCUT2D eigenvalue weighted by molar-refractivity contribution is -0.124. The van der Waals surface area contributed by atoms with Gasteiger partial charge in [0.25, 0.3) is 0 Å². The molecule has 1 amide bonds. The van der Waals surface area contributed by atoms with Gasteiger partial charge in [-0.2, -0.15) is 0 Å². The van der Waals surface area contributed by atoms with Gasteiger partial charge in [-0.3, -0.25) is 4.79 Å². The van der Waals surface area contributed by atoms with E-state index in [-0.39, 0.29) is 18.9 Å². The van der Waals surface area contributed by atoms with Crippen molar-refractivity contribution in [3.8, 4) is 0 Å². The van der Waals surface area contributed by atoms with Gasteiger partial charge in [0.2, 0.25) is 5.91 Å². The number of aliphatic hydroxyl groups excluding tert-OH is 3. The second-order valence-electron chi connectivity index (χ2n) is 13.9. The highest BCUT2D eigenvalue weighted by atomic mass is 16.3. The monoisotopic (exact) mass is 674 g/mol. The van der Waals surface area contributed by atoms with Gasteiger partial charge >= 0.3 is 0 Å². The Morgan fingerprint density at radius 2 is 0.958 bits per heavy atom. The van der Waals surface area contributed by atoms with Gasteiger partial charge in [-0.1, -0.05) is 178 Å². The summed E-state index contributed by atoms with van der Waals surface area (Å²) in [7, 11) is 0. The molecule has 0 rings (SSSR count). The van der Waals surface area contributed by atoms with Crippen molar-refractivity contribution < 1.29 is 20.1 Å². The minimum atomic E-state index is -0.953. The van der Waals surface area contributed by atoms with Crippen LogP contribution in [0.2, 0.25) is 0 Å². The molecule has 5 heteroatoms. The number of aliphatic hydroxyl groups is 3. The summed E-state index contributed by atoms with van der Waals surface area (Å²) in [6, 6.07) is -0.763. The van der Waals surface area contributed by atoms with Crippen LogP contribution in [0.5, 0.6) is 0 Å². The van der Waals surface area contributed by atoms with Crippen LogP contribution < -0.4 is 5.32 Å². The molecule has 0 spiro atoms. The van der Waals surface area contributed by atoms with Crippen molar-refractivity contribution in [1.29, 1.82) is 0 Å². The highest BCUT2D eigenvalue weighted by Gasteiger charge is 2.20. The topological polar surface area (TPSA) is 89.8 Å². The number of amides is 1. The molecule has 0 aromatic carbocycles. The molecule has 0 saturated carbocycles. The lowest BCUT2D eigenvalue weighted by atomic mass is 10.0. The summed E-state index contributed by atoms with van der Waals surface area (Å²) < 4.78 is 0. The van der Waals surface area contributed by atoms with Gasteiger partial charge in [0.05, 0.1) is 31.3 Å². The van der Waals surface area contributed by atoms with Crippen LogP contribution in [0.15, 0.2) is 48.6 Å². The van der Waals surface area contributed by atoms with Crippen LogP contribution in [0.1, 0.15) is 194 Å². The predicted molar refractivity (Wildman–Crippen MR) is 208 cm³/mol. The van der Waals surface area contributed by atoms with E-state index < -0.39 is 18.2 Å². The van der Waals surface area contributed by atoms with Gasteiger partial charge in [0.1, 0.15) is 0 Å². The van der Waals surface area contributed by atoms with Gasteiger partial charge < -0.3 is 20.6 Å². The molecule has 3 unspecified atom stereocenters. The molecule has 0 aliphatic rings. The molecule has 5 nitrogen and oxygen atoms in total. The van der Waals surface area contributed by atoms with Crippen LogP contribution in [0.4, 0.5) is 0 Å². The molecule has 3 atom stereocenters. The standard InChI is InChI=1S/C43H79NO4/c1-3-5-7-9-11-13-15-17-19-21-22-24-26-28-30-32-34-36-40(46)38-43(48)44-41(39-45)42(47)37-35-33-31-29-27-25-23-20-18-16-14-12-10-8-6-4-2/h11,13,15,17,27,29,35,37,40-42,45-47H,3-10,12,14,16,18-26,28,30-34,36,38-39H2,1-2H3,(H,44,48)/b13-11-,17-15-,29-27+,37-35+. The summed E-state index contributed by atoms with van der Waals surface area (Å²) in [5.74, 6) is -0.332. The van der Waals surface area contributed by atoms with Crippen molar-refractivity contribution in [2.75, 3.05) is 6.61 Å². The van der Waals surface area contributed by atoms with Crippen LogP contribution in [-0.4, -0.2) is 46.1 Å². The second kappa shape index (κ2) is 38.1. The van der Waals surface area contributed by atoms with Gasteiger partial charge in [0, 0.05) is 0 Å². The fourth-order valence-corrected chi connectivity index (χ4v) is 5.93. The number of nitrogens with one attached hydrogen (secondary N) is 1. The maximum absolute atomic E-state index is 12.4. The zero-order valence-corrected chi connectivity index (χ0v) is 31.6. The molecular formula is C43H79NO4. The number of rotatable bonds is 36. The lowest BCUT2D eigenvalue weighted by Crippen LogP contribution is -2.45. The third-order valence-corrected chi connectivity index (χ3v) is 9.12. The molecule has 48 heavy (non-hydrogen) atoms. The fourth-order valence-electron chi connectivity index (χ4n) is 5.93. The van der Waals surface area contributed by atoms with E-state index in [4.69, 9.17) is 0 Å². The Morgan fingerprint density at radius 1 is 0.542 bits per heavy atom. The highest BCUT2D eigenvalue weighted by molar-refractivity contribution is 5.76. The first-order chi connectivity index (χ1) is 23.5. The number of carbonyl (C=O) groups is 1. The van der Waals surface area contributed by atoms with Crippen LogP contribution in [0, 0.1) is 0 Å². The van der Waals surface area contributed by atoms with Crippen molar-refractivity contribution in [2.45, 2.75) is 212 Å². The number of hydrogen-bond acceptors (Lipinski definition) is 4. The van der Waals surface area contributed by atoms with Gasteiger partial charge in [-0.15, -0.1) is 0 Å². The van der Waals surface area contributed by atoms with Gasteiger partial charge in [-0.25, -0.2) is 0 Å². The maximum atomic E-state index is 12.4. The molecule has 0 radical (unpaired) electrons. The molecule has 280 valence electrons. The number of hydrogen-bond donors (Lipinski definition) is 4. The van der Waals surface area contributed by atoms with Crippen molar-refractivity contribution in [3.05, 3.63) is 48.6 Å². The first-order valence-electron chi connectivity index (χ1n) is 20.4. The number of unbranched alkanes of at least 4 members (excludes halogenated alkanes) is 22. The molecule has 0 aliphatic heterocycles. The van der Waals surface area contributed by atoms with Gasteiger partial charge in [-0.05, 0) is 57.8 Å². The smallest absolute Gasteiger partial charge is 0.222 e. The van der Waals surface area contributed by atoms with E-state index >= 15 is 0 Å². The summed E-state index contributed by atoms with van der Waals surface area (Å²) in [5.41, 5.74) is 0. The zero-order valence-electron chi connectivity index (χ0n) is 31.6. The molecule has 0 fully saturated rings. The number of carbonyl (C=O) groups excluding carboxylic acids is 1. The van der Waals surface area contributed by atoms with E-state index in [1.54, 1.807) is 6.08 Å². The lowest BCUT2D eigenvalue weighted by Gasteiger charge is -2.21. The average Bonchev–Trinajstić information content (AvgIpc) is 3.08. The summed E-state index contributed by atoms with van der Waals surface area (Å²) in [6.07, 6.45) is 48.1. The van der Waals surface area contributed by atoms with Crippen LogP contribution >= 0.6 is 0 Å². The van der Waals surface area contributed by atoms with Crippen molar-refractivity contribution >= 4 is 5.91 Å². The third kappa shape index (κ3) is 34.2. The highest BCUT2D eigenvalue weighted by Crippen LogP contribution is 2.14. The Hall–Kier alpha value is -1.69. The molecular weight excluding hydrogens is 594 g/mol. The summed E-state index contributed by atoms with van der Waals surface area (Å²) in [5, 5.41) is 33.1. The summed E-state index contributed by atoms with van der Waals surface area (Å²) in [6.45, 7) is 4.16. The van der Waals surface area contributed by atoms with Crippen molar-refractivity contribution in [1.82, 2.24) is 5.32 Å². The minimum absolute atomic E-state index is 0.000128. The Morgan fingerprint density at radius 3 is 1.50 bits per heavy atom. The average molecular weight is 674 g/mol. The van der Waals surface area contributed by atoms with E-state index in [1.807, 2.05) is 6.08 Å². The Bertz CT molecular complexity index is 790. The Labute approximate surface area is 297 Å². The predicted octanol–water partition coefficient (Wildman–Crippen LogP) is 11.4.